The Morgan fingerprint density at radius 1 is 1.31 bits per heavy atom. The molecule has 96 valence electrons. The van der Waals surface area contributed by atoms with Crippen LogP contribution < -0.4 is 0 Å². The van der Waals surface area contributed by atoms with Gasteiger partial charge in [0.15, 0.2) is 0 Å². The highest BCUT2D eigenvalue weighted by Gasteiger charge is 2.43. The van der Waals surface area contributed by atoms with Crippen molar-refractivity contribution in [3.63, 3.8) is 0 Å². The van der Waals surface area contributed by atoms with Gasteiger partial charge >= 0.3 is 0 Å². The van der Waals surface area contributed by atoms with E-state index in [2.05, 4.69) is 25.7 Å². The molecule has 1 saturated carbocycles. The summed E-state index contributed by atoms with van der Waals surface area (Å²) >= 11 is 0. The molecular weight excluding hydrogens is 202 g/mol. The van der Waals surface area contributed by atoms with Gasteiger partial charge in [-0.3, -0.25) is 0 Å². The Morgan fingerprint density at radius 2 is 2.00 bits per heavy atom. The van der Waals surface area contributed by atoms with E-state index >= 15 is 0 Å². The summed E-state index contributed by atoms with van der Waals surface area (Å²) in [7, 11) is 1.77. The molecule has 16 heavy (non-hydrogen) atoms. The van der Waals surface area contributed by atoms with Crippen molar-refractivity contribution in [1.29, 1.82) is 0 Å². The molecule has 0 spiro atoms. The lowest BCUT2D eigenvalue weighted by Gasteiger charge is -2.26. The Kier molecular flexibility index (Phi) is 5.73. The zero-order chi connectivity index (χ0) is 12.0. The summed E-state index contributed by atoms with van der Waals surface area (Å²) in [6, 6.07) is 0. The third kappa shape index (κ3) is 4.81. The van der Waals surface area contributed by atoms with Crippen molar-refractivity contribution in [3.05, 3.63) is 0 Å². The maximum Gasteiger partial charge on any atom is 0.0589 e. The van der Waals surface area contributed by atoms with Gasteiger partial charge in [0.2, 0.25) is 0 Å². The lowest BCUT2D eigenvalue weighted by atomic mass is 10.1. The molecule has 0 aromatic heterocycles. The van der Waals surface area contributed by atoms with Crippen LogP contribution in [-0.4, -0.2) is 51.0 Å². The first-order valence-corrected chi connectivity index (χ1v) is 6.45. The van der Waals surface area contributed by atoms with Crippen LogP contribution in [0.3, 0.4) is 0 Å². The third-order valence-electron chi connectivity index (χ3n) is 3.30. The summed E-state index contributed by atoms with van der Waals surface area (Å²) in [6.45, 7) is 11.5. The molecule has 0 bridgehead atoms. The lowest BCUT2D eigenvalue weighted by molar-refractivity contribution is 0.0285. The first-order chi connectivity index (χ1) is 7.62. The predicted octanol–water partition coefficient (Wildman–Crippen LogP) is 2.16. The van der Waals surface area contributed by atoms with Crippen LogP contribution in [0.5, 0.6) is 0 Å². The second kappa shape index (κ2) is 6.58. The van der Waals surface area contributed by atoms with Gasteiger partial charge in [-0.05, 0) is 33.2 Å². The molecule has 0 saturated heterocycles. The molecule has 0 aromatic carbocycles. The zero-order valence-corrected chi connectivity index (χ0v) is 11.3. The molecule has 1 fully saturated rings. The highest BCUT2D eigenvalue weighted by molar-refractivity contribution is 4.95. The molecule has 0 N–H and O–H groups in total. The van der Waals surface area contributed by atoms with Crippen molar-refractivity contribution in [2.75, 3.05) is 40.0 Å². The van der Waals surface area contributed by atoms with Crippen LogP contribution in [0.25, 0.3) is 0 Å². The standard InChI is InChI=1S/C13H27NO2/c1-5-14(8-9-15-4)10-13(6-7-13)11-16-12(2)3/h12H,5-11H2,1-4H3. The van der Waals surface area contributed by atoms with Crippen LogP contribution in [0.4, 0.5) is 0 Å². The highest BCUT2D eigenvalue weighted by atomic mass is 16.5. The molecule has 3 heteroatoms. The Bertz CT molecular complexity index is 190. The molecule has 0 amide bonds. The van der Waals surface area contributed by atoms with Gasteiger partial charge in [-0.2, -0.15) is 0 Å². The van der Waals surface area contributed by atoms with Crippen LogP contribution in [0.15, 0.2) is 0 Å². The molecule has 1 aliphatic carbocycles. The van der Waals surface area contributed by atoms with Crippen LogP contribution in [0, 0.1) is 5.41 Å². The van der Waals surface area contributed by atoms with E-state index in [0.29, 0.717) is 11.5 Å². The lowest BCUT2D eigenvalue weighted by Crippen LogP contribution is -2.35. The third-order valence-corrected chi connectivity index (χ3v) is 3.30. The van der Waals surface area contributed by atoms with Crippen LogP contribution >= 0.6 is 0 Å². The first-order valence-electron chi connectivity index (χ1n) is 6.45. The molecule has 0 radical (unpaired) electrons. The van der Waals surface area contributed by atoms with Crippen LogP contribution in [-0.2, 0) is 9.47 Å². The largest absolute Gasteiger partial charge is 0.383 e. The summed E-state index contributed by atoms with van der Waals surface area (Å²) in [4.78, 5) is 2.47. The minimum absolute atomic E-state index is 0.353. The predicted molar refractivity (Wildman–Crippen MR) is 66.7 cm³/mol. The molecule has 0 atom stereocenters. The number of hydrogen-bond donors (Lipinski definition) is 0. The summed E-state index contributed by atoms with van der Waals surface area (Å²) in [5.74, 6) is 0. The normalized spacial score (nSPS) is 18.4. The van der Waals surface area contributed by atoms with E-state index in [1.54, 1.807) is 7.11 Å². The number of methoxy groups -OCH3 is 1. The monoisotopic (exact) mass is 229 g/mol. The second-order valence-corrected chi connectivity index (χ2v) is 5.22. The molecule has 1 aliphatic rings. The average molecular weight is 229 g/mol. The fraction of sp³-hybridized carbons (Fsp3) is 1.00. The molecule has 0 aliphatic heterocycles. The number of nitrogens with zero attached hydrogens (tertiary/aromatic N) is 1. The van der Waals surface area contributed by atoms with Gasteiger partial charge in [-0.15, -0.1) is 0 Å². The SMILES string of the molecule is CCN(CCOC)CC1(COC(C)C)CC1. The Hall–Kier alpha value is -0.120. The molecule has 0 heterocycles. The Labute approximate surface area is 100 Å². The van der Waals surface area contributed by atoms with Gasteiger partial charge < -0.3 is 14.4 Å². The van der Waals surface area contributed by atoms with Crippen molar-refractivity contribution in [2.45, 2.75) is 39.7 Å². The number of hydrogen-bond acceptors (Lipinski definition) is 3. The topological polar surface area (TPSA) is 21.7 Å². The minimum Gasteiger partial charge on any atom is -0.383 e. The molecule has 0 aromatic rings. The van der Waals surface area contributed by atoms with Gasteiger partial charge in [0.05, 0.1) is 19.3 Å². The molecular formula is C13H27NO2. The zero-order valence-electron chi connectivity index (χ0n) is 11.3. The number of ether oxygens (including phenoxy) is 2. The van der Waals surface area contributed by atoms with Crippen molar-refractivity contribution < 1.29 is 9.47 Å². The van der Waals surface area contributed by atoms with E-state index in [9.17, 15) is 0 Å². The van der Waals surface area contributed by atoms with Crippen molar-refractivity contribution in [1.82, 2.24) is 4.90 Å². The summed E-state index contributed by atoms with van der Waals surface area (Å²) in [5, 5.41) is 0. The minimum atomic E-state index is 0.353. The second-order valence-electron chi connectivity index (χ2n) is 5.22. The quantitative estimate of drug-likeness (QED) is 0.605. The van der Waals surface area contributed by atoms with E-state index in [1.807, 2.05) is 0 Å². The van der Waals surface area contributed by atoms with E-state index in [0.717, 1.165) is 26.3 Å². The Morgan fingerprint density at radius 3 is 2.44 bits per heavy atom. The van der Waals surface area contributed by atoms with Crippen molar-refractivity contribution in [2.24, 2.45) is 5.41 Å². The van der Waals surface area contributed by atoms with Gasteiger partial charge in [0.25, 0.3) is 0 Å². The fourth-order valence-electron chi connectivity index (χ4n) is 1.91. The van der Waals surface area contributed by atoms with Crippen molar-refractivity contribution in [3.8, 4) is 0 Å². The fourth-order valence-corrected chi connectivity index (χ4v) is 1.91. The van der Waals surface area contributed by atoms with E-state index in [4.69, 9.17) is 9.47 Å². The van der Waals surface area contributed by atoms with Crippen LogP contribution in [0.1, 0.15) is 33.6 Å². The summed E-state index contributed by atoms with van der Waals surface area (Å²) in [5.41, 5.74) is 0.452. The van der Waals surface area contributed by atoms with E-state index < -0.39 is 0 Å². The molecule has 3 nitrogen and oxygen atoms in total. The van der Waals surface area contributed by atoms with Gasteiger partial charge in [0, 0.05) is 25.6 Å². The maximum atomic E-state index is 5.76. The summed E-state index contributed by atoms with van der Waals surface area (Å²) < 4.78 is 10.9. The van der Waals surface area contributed by atoms with Crippen molar-refractivity contribution >= 4 is 0 Å². The Balaban J connectivity index is 2.27. The molecule has 1 rings (SSSR count). The first kappa shape index (κ1) is 13.9. The highest BCUT2D eigenvalue weighted by Crippen LogP contribution is 2.46. The smallest absolute Gasteiger partial charge is 0.0589 e. The van der Waals surface area contributed by atoms with E-state index in [1.165, 1.54) is 19.4 Å². The number of rotatable bonds is 9. The molecule has 0 unspecified atom stereocenters. The number of likely N-dealkylation sites (N-methyl/N-ethyl adjacent to an activating group) is 1. The average Bonchev–Trinajstić information content (AvgIpc) is 3.02. The van der Waals surface area contributed by atoms with Gasteiger partial charge in [-0.1, -0.05) is 6.92 Å². The summed E-state index contributed by atoms with van der Waals surface area (Å²) in [6.07, 6.45) is 3.00. The van der Waals surface area contributed by atoms with Gasteiger partial charge in [0.1, 0.15) is 0 Å². The van der Waals surface area contributed by atoms with E-state index in [-0.39, 0.29) is 0 Å². The maximum absolute atomic E-state index is 5.76. The van der Waals surface area contributed by atoms with Gasteiger partial charge in [-0.25, -0.2) is 0 Å². The van der Waals surface area contributed by atoms with Crippen LogP contribution in [0.2, 0.25) is 0 Å².